The first-order valence-corrected chi connectivity index (χ1v) is 4.59. The van der Waals surface area contributed by atoms with E-state index in [-0.39, 0.29) is 12.6 Å². The summed E-state index contributed by atoms with van der Waals surface area (Å²) < 4.78 is 5.42. The van der Waals surface area contributed by atoms with Crippen LogP contribution in [0.4, 0.5) is 0 Å². The zero-order valence-electron chi connectivity index (χ0n) is 7.76. The van der Waals surface area contributed by atoms with Crippen LogP contribution >= 0.6 is 0 Å². The van der Waals surface area contributed by atoms with Crippen molar-refractivity contribution in [2.45, 2.75) is 43.8 Å². The predicted molar refractivity (Wildman–Crippen MR) is 48.0 cm³/mol. The van der Waals surface area contributed by atoms with E-state index in [1.807, 2.05) is 6.92 Å². The van der Waals surface area contributed by atoms with Crippen molar-refractivity contribution in [1.82, 2.24) is 0 Å². The van der Waals surface area contributed by atoms with Gasteiger partial charge in [-0.05, 0) is 6.42 Å². The van der Waals surface area contributed by atoms with Crippen molar-refractivity contribution in [3.8, 4) is 0 Å². The summed E-state index contributed by atoms with van der Waals surface area (Å²) in [6.45, 7) is 2.12. The minimum atomic E-state index is -0.970. The molecule has 0 aromatic heterocycles. The third kappa shape index (κ3) is 2.00. The van der Waals surface area contributed by atoms with E-state index in [2.05, 4.69) is 0 Å². The van der Waals surface area contributed by atoms with Crippen LogP contribution in [0.1, 0.15) is 13.3 Å². The molecule has 5 atom stereocenters. The van der Waals surface area contributed by atoms with Gasteiger partial charge in [0.1, 0.15) is 12.2 Å². The topological polar surface area (TPSA) is 102 Å². The average Bonchev–Trinajstić information content (AvgIpc) is 2.15. The van der Waals surface area contributed by atoms with Gasteiger partial charge in [0.2, 0.25) is 0 Å². The second-order valence-electron chi connectivity index (χ2n) is 3.42. The molecular formula is C8H18N2O3. The monoisotopic (exact) mass is 190 g/mol. The lowest BCUT2D eigenvalue weighted by molar-refractivity contribution is -0.174. The Kier molecular flexibility index (Phi) is 3.63. The lowest BCUT2D eigenvalue weighted by atomic mass is 9.92. The van der Waals surface area contributed by atoms with Gasteiger partial charge in [-0.3, -0.25) is 0 Å². The molecule has 0 bridgehead atoms. The Morgan fingerprint density at radius 1 is 1.23 bits per heavy atom. The van der Waals surface area contributed by atoms with Gasteiger partial charge in [-0.1, -0.05) is 6.92 Å². The molecule has 5 unspecified atom stereocenters. The molecule has 13 heavy (non-hydrogen) atoms. The summed E-state index contributed by atoms with van der Waals surface area (Å²) in [5, 5.41) is 19.0. The molecular weight excluding hydrogens is 172 g/mol. The molecule has 1 aliphatic heterocycles. The van der Waals surface area contributed by atoms with Gasteiger partial charge in [0.05, 0.1) is 18.2 Å². The summed E-state index contributed by atoms with van der Waals surface area (Å²) in [4.78, 5) is 0. The van der Waals surface area contributed by atoms with Crippen LogP contribution in [-0.4, -0.2) is 47.2 Å². The van der Waals surface area contributed by atoms with E-state index in [0.717, 1.165) is 0 Å². The summed E-state index contributed by atoms with van der Waals surface area (Å²) in [6, 6.07) is -0.525. The smallest absolute Gasteiger partial charge is 0.109 e. The molecule has 1 saturated heterocycles. The maximum atomic E-state index is 9.54. The van der Waals surface area contributed by atoms with Gasteiger partial charge in [-0.25, -0.2) is 0 Å². The molecule has 78 valence electrons. The molecule has 5 nitrogen and oxygen atoms in total. The number of nitrogens with two attached hydrogens (primary N) is 2. The van der Waals surface area contributed by atoms with E-state index in [4.69, 9.17) is 16.2 Å². The van der Waals surface area contributed by atoms with Crippen LogP contribution < -0.4 is 11.5 Å². The summed E-state index contributed by atoms with van der Waals surface area (Å²) in [5.74, 6) is 0. The Labute approximate surface area is 77.7 Å². The van der Waals surface area contributed by atoms with Gasteiger partial charge in [0.25, 0.3) is 0 Å². The maximum absolute atomic E-state index is 9.54. The van der Waals surface area contributed by atoms with Gasteiger partial charge < -0.3 is 26.4 Å². The van der Waals surface area contributed by atoms with Crippen LogP contribution in [0.3, 0.4) is 0 Å². The quantitative estimate of drug-likeness (QED) is 0.410. The first kappa shape index (κ1) is 10.9. The van der Waals surface area contributed by atoms with Gasteiger partial charge in [-0.2, -0.15) is 0 Å². The minimum Gasteiger partial charge on any atom is -0.389 e. The van der Waals surface area contributed by atoms with Gasteiger partial charge in [0, 0.05) is 6.54 Å². The van der Waals surface area contributed by atoms with Crippen molar-refractivity contribution in [3.63, 3.8) is 0 Å². The molecule has 6 N–H and O–H groups in total. The van der Waals surface area contributed by atoms with Crippen molar-refractivity contribution >= 4 is 0 Å². The van der Waals surface area contributed by atoms with Crippen LogP contribution in [0.15, 0.2) is 0 Å². The molecule has 0 amide bonds. The van der Waals surface area contributed by atoms with Crippen LogP contribution in [-0.2, 0) is 4.74 Å². The van der Waals surface area contributed by atoms with Gasteiger partial charge in [0.15, 0.2) is 0 Å². The maximum Gasteiger partial charge on any atom is 0.109 e. The fraction of sp³-hybridized carbons (Fsp3) is 1.00. The largest absolute Gasteiger partial charge is 0.389 e. The molecule has 0 aliphatic carbocycles. The van der Waals surface area contributed by atoms with Crippen molar-refractivity contribution in [1.29, 1.82) is 0 Å². The highest BCUT2D eigenvalue weighted by atomic mass is 16.5. The van der Waals surface area contributed by atoms with Crippen molar-refractivity contribution in [2.24, 2.45) is 11.5 Å². The predicted octanol–water partition coefficient (Wildman–Crippen LogP) is -1.83. The standard InChI is InChI=1S/C8H18N2O3/c1-2-4-6(10)8(12)7(11)5(3-9)13-4/h4-8,11-12H,2-3,9-10H2,1H3. The zero-order chi connectivity index (χ0) is 10.0. The molecule has 0 spiro atoms. The van der Waals surface area contributed by atoms with E-state index >= 15 is 0 Å². The number of aliphatic hydroxyl groups is 2. The number of rotatable bonds is 2. The molecule has 1 heterocycles. The Balaban J connectivity index is 2.66. The van der Waals surface area contributed by atoms with Gasteiger partial charge in [-0.15, -0.1) is 0 Å². The fourth-order valence-corrected chi connectivity index (χ4v) is 1.63. The Hall–Kier alpha value is -0.200. The van der Waals surface area contributed by atoms with E-state index in [0.29, 0.717) is 6.42 Å². The average molecular weight is 190 g/mol. The zero-order valence-corrected chi connectivity index (χ0v) is 7.76. The highest BCUT2D eigenvalue weighted by Gasteiger charge is 2.40. The second-order valence-corrected chi connectivity index (χ2v) is 3.42. The third-order valence-electron chi connectivity index (χ3n) is 2.54. The lowest BCUT2D eigenvalue weighted by Gasteiger charge is -2.40. The SMILES string of the molecule is CCC1OC(CN)C(O)C(O)C1N. The normalized spacial score (nSPS) is 46.4. The van der Waals surface area contributed by atoms with Crippen LogP contribution in [0.5, 0.6) is 0 Å². The first-order chi connectivity index (χ1) is 6.11. The summed E-state index contributed by atoms with van der Waals surface area (Å²) >= 11 is 0. The molecule has 0 saturated carbocycles. The Bertz CT molecular complexity index is 147. The molecule has 1 aliphatic rings. The second kappa shape index (κ2) is 4.34. The van der Waals surface area contributed by atoms with Crippen molar-refractivity contribution in [3.05, 3.63) is 0 Å². The molecule has 0 radical (unpaired) electrons. The number of hydrogen-bond acceptors (Lipinski definition) is 5. The first-order valence-electron chi connectivity index (χ1n) is 4.59. The molecule has 0 aromatic rings. The van der Waals surface area contributed by atoms with Crippen LogP contribution in [0, 0.1) is 0 Å². The van der Waals surface area contributed by atoms with E-state index < -0.39 is 24.4 Å². The molecule has 1 fully saturated rings. The van der Waals surface area contributed by atoms with Crippen molar-refractivity contribution in [2.75, 3.05) is 6.54 Å². The summed E-state index contributed by atoms with van der Waals surface area (Å²) in [7, 11) is 0. The lowest BCUT2D eigenvalue weighted by Crippen LogP contribution is -2.62. The van der Waals surface area contributed by atoms with E-state index in [1.54, 1.807) is 0 Å². The Morgan fingerprint density at radius 2 is 1.85 bits per heavy atom. The number of ether oxygens (including phenoxy) is 1. The molecule has 0 aromatic carbocycles. The third-order valence-corrected chi connectivity index (χ3v) is 2.54. The highest BCUT2D eigenvalue weighted by Crippen LogP contribution is 2.20. The summed E-state index contributed by atoms with van der Waals surface area (Å²) in [6.07, 6.45) is -1.91. The minimum absolute atomic E-state index is 0.196. The van der Waals surface area contributed by atoms with E-state index in [9.17, 15) is 10.2 Å². The molecule has 1 rings (SSSR count). The number of aliphatic hydroxyl groups excluding tert-OH is 2. The van der Waals surface area contributed by atoms with Crippen LogP contribution in [0.25, 0.3) is 0 Å². The Morgan fingerprint density at radius 3 is 2.31 bits per heavy atom. The van der Waals surface area contributed by atoms with Gasteiger partial charge >= 0.3 is 0 Å². The van der Waals surface area contributed by atoms with E-state index in [1.165, 1.54) is 0 Å². The van der Waals surface area contributed by atoms with Crippen LogP contribution in [0.2, 0.25) is 0 Å². The number of hydrogen-bond donors (Lipinski definition) is 4. The summed E-state index contributed by atoms with van der Waals surface area (Å²) in [5.41, 5.74) is 11.0. The fourth-order valence-electron chi connectivity index (χ4n) is 1.63. The van der Waals surface area contributed by atoms with Crippen molar-refractivity contribution < 1.29 is 14.9 Å². The molecule has 5 heteroatoms. The highest BCUT2D eigenvalue weighted by molar-refractivity contribution is 4.94.